The summed E-state index contributed by atoms with van der Waals surface area (Å²) in [4.78, 5) is 10.3. The zero-order valence-corrected chi connectivity index (χ0v) is 17.8. The molecule has 6 heteroatoms. The van der Waals surface area contributed by atoms with E-state index in [1.54, 1.807) is 7.11 Å². The maximum atomic E-state index is 5.29. The molecule has 0 aliphatic carbocycles. The smallest absolute Gasteiger partial charge is 0.138 e. The van der Waals surface area contributed by atoms with E-state index < -0.39 is 0 Å². The molecule has 0 saturated carbocycles. The number of rotatable bonds is 4. The summed E-state index contributed by atoms with van der Waals surface area (Å²) in [6, 6.07) is 11.3. The van der Waals surface area contributed by atoms with Crippen LogP contribution in [0.5, 0.6) is 0 Å². The molecule has 1 aromatic heterocycles. The second kappa shape index (κ2) is 8.35. The molecule has 1 aromatic carbocycles. The largest absolute Gasteiger partial charge is 0.385 e. The van der Waals surface area contributed by atoms with Crippen molar-refractivity contribution in [3.63, 3.8) is 0 Å². The molecule has 2 aromatic rings. The van der Waals surface area contributed by atoms with Gasteiger partial charge in [0.2, 0.25) is 0 Å². The van der Waals surface area contributed by atoms with Crippen molar-refractivity contribution in [2.75, 3.05) is 33.4 Å². The number of amidine groups is 1. The lowest BCUT2D eigenvalue weighted by Crippen LogP contribution is -2.53. The van der Waals surface area contributed by atoms with E-state index in [4.69, 9.17) is 9.73 Å². The Kier molecular flexibility index (Phi) is 5.88. The molecule has 0 radical (unpaired) electrons. The predicted molar refractivity (Wildman–Crippen MR) is 115 cm³/mol. The van der Waals surface area contributed by atoms with Crippen molar-refractivity contribution in [2.45, 2.75) is 41.3 Å². The van der Waals surface area contributed by atoms with E-state index in [0.717, 1.165) is 44.2 Å². The van der Waals surface area contributed by atoms with E-state index in [9.17, 15) is 0 Å². The zero-order chi connectivity index (χ0) is 18.8. The third kappa shape index (κ3) is 4.09. The van der Waals surface area contributed by atoms with Crippen LogP contribution in [0.4, 0.5) is 5.69 Å². The number of nitrogens with zero attached hydrogens (tertiary/aromatic N) is 2. The first-order chi connectivity index (χ1) is 13.2. The normalized spacial score (nSPS) is 19.5. The fourth-order valence-electron chi connectivity index (χ4n) is 3.53. The van der Waals surface area contributed by atoms with E-state index in [1.165, 1.54) is 19.5 Å². The Bertz CT molecular complexity index is 831. The number of aliphatic imine (C=N–C) groups is 1. The lowest BCUT2D eigenvalue weighted by Gasteiger charge is -2.35. The summed E-state index contributed by atoms with van der Waals surface area (Å²) in [6.45, 7) is 8.28. The van der Waals surface area contributed by atoms with Gasteiger partial charge in [-0.2, -0.15) is 0 Å². The molecule has 4 nitrogen and oxygen atoms in total. The van der Waals surface area contributed by atoms with Crippen LogP contribution in [-0.4, -0.2) is 50.1 Å². The molecule has 0 spiro atoms. The highest BCUT2D eigenvalue weighted by molar-refractivity contribution is 8.01. The number of fused-ring (bicyclic) bond motifs is 2. The molecule has 1 atom stereocenters. The topological polar surface area (TPSA) is 36.9 Å². The Morgan fingerprint density at radius 2 is 2.19 bits per heavy atom. The highest BCUT2D eigenvalue weighted by atomic mass is 32.2. The minimum absolute atomic E-state index is 0.444. The summed E-state index contributed by atoms with van der Waals surface area (Å²) in [5.74, 6) is 1.67. The van der Waals surface area contributed by atoms with Gasteiger partial charge in [-0.05, 0) is 30.5 Å². The van der Waals surface area contributed by atoms with Crippen LogP contribution in [0.25, 0.3) is 0 Å². The van der Waals surface area contributed by atoms with Gasteiger partial charge in [-0.15, -0.1) is 11.3 Å². The van der Waals surface area contributed by atoms with E-state index in [1.807, 2.05) is 23.1 Å². The Morgan fingerprint density at radius 1 is 1.33 bits per heavy atom. The first-order valence-corrected chi connectivity index (χ1v) is 11.3. The molecule has 2 aliphatic rings. The fourth-order valence-corrected chi connectivity index (χ4v) is 5.97. The van der Waals surface area contributed by atoms with Gasteiger partial charge in [-0.3, -0.25) is 0 Å². The van der Waals surface area contributed by atoms with Crippen LogP contribution in [0.15, 0.2) is 44.4 Å². The summed E-state index contributed by atoms with van der Waals surface area (Å²) >= 11 is 3.79. The first kappa shape index (κ1) is 19.0. The average Bonchev–Trinajstić information content (AvgIpc) is 3.03. The Labute approximate surface area is 170 Å². The molecule has 0 amide bonds. The number of hydrogen-bond donors (Lipinski definition) is 1. The molecule has 0 bridgehead atoms. The van der Waals surface area contributed by atoms with Gasteiger partial charge in [0, 0.05) is 54.7 Å². The number of para-hydroxylation sites is 1. The van der Waals surface area contributed by atoms with Crippen LogP contribution in [0, 0.1) is 0 Å². The van der Waals surface area contributed by atoms with Gasteiger partial charge in [0.25, 0.3) is 0 Å². The second-order valence-electron chi connectivity index (χ2n) is 7.39. The van der Waals surface area contributed by atoms with Crippen LogP contribution < -0.4 is 5.32 Å². The Balaban J connectivity index is 1.72. The molecule has 1 saturated heterocycles. The number of piperazine rings is 1. The van der Waals surface area contributed by atoms with Gasteiger partial charge >= 0.3 is 0 Å². The van der Waals surface area contributed by atoms with Crippen LogP contribution in [0.1, 0.15) is 36.6 Å². The van der Waals surface area contributed by atoms with Crippen molar-refractivity contribution < 1.29 is 4.74 Å². The molecule has 27 heavy (non-hydrogen) atoms. The molecule has 144 valence electrons. The Morgan fingerprint density at radius 3 is 3.00 bits per heavy atom. The van der Waals surface area contributed by atoms with Gasteiger partial charge in [0.15, 0.2) is 0 Å². The lowest BCUT2D eigenvalue weighted by molar-refractivity contribution is 0.168. The average molecular weight is 402 g/mol. The number of nitrogens with one attached hydrogen (secondary N) is 1. The molecule has 1 fully saturated rings. The molecule has 3 heterocycles. The summed E-state index contributed by atoms with van der Waals surface area (Å²) in [5, 5.41) is 3.63. The zero-order valence-electron chi connectivity index (χ0n) is 16.2. The number of ether oxygens (including phenoxy) is 1. The molecule has 1 N–H and O–H groups in total. The van der Waals surface area contributed by atoms with Gasteiger partial charge in [0.1, 0.15) is 5.84 Å². The highest BCUT2D eigenvalue weighted by Gasteiger charge is 2.28. The quantitative estimate of drug-likeness (QED) is 0.804. The maximum Gasteiger partial charge on any atom is 0.138 e. The van der Waals surface area contributed by atoms with Gasteiger partial charge in [-0.1, -0.05) is 37.7 Å². The van der Waals surface area contributed by atoms with E-state index in [2.05, 4.69) is 54.4 Å². The predicted octanol–water partition coefficient (Wildman–Crippen LogP) is 4.72. The Hall–Kier alpha value is -1.34. The van der Waals surface area contributed by atoms with Crippen molar-refractivity contribution in [2.24, 2.45) is 4.99 Å². The number of hydrogen-bond acceptors (Lipinski definition) is 6. The molecular weight excluding hydrogens is 374 g/mol. The molecule has 2 aliphatic heterocycles. The monoisotopic (exact) mass is 401 g/mol. The van der Waals surface area contributed by atoms with Crippen LogP contribution >= 0.6 is 23.1 Å². The minimum Gasteiger partial charge on any atom is -0.385 e. The van der Waals surface area contributed by atoms with Crippen LogP contribution in [0.3, 0.4) is 0 Å². The molecule has 4 rings (SSSR count). The first-order valence-electron chi connectivity index (χ1n) is 9.62. The molecular formula is C21H27N3OS2. The van der Waals surface area contributed by atoms with Crippen molar-refractivity contribution in [1.82, 2.24) is 10.2 Å². The van der Waals surface area contributed by atoms with Crippen molar-refractivity contribution in [3.05, 3.63) is 40.8 Å². The van der Waals surface area contributed by atoms with Crippen molar-refractivity contribution >= 4 is 34.6 Å². The number of methoxy groups -OCH3 is 1. The molecule has 0 unspecified atom stereocenters. The SMILES string of the molecule is COCC[C@H]1CN(C2=Nc3ccccc3Sc3sc(C(C)C)cc32)CCN1. The van der Waals surface area contributed by atoms with Crippen molar-refractivity contribution in [3.8, 4) is 0 Å². The van der Waals surface area contributed by atoms with Crippen LogP contribution in [-0.2, 0) is 4.74 Å². The standard InChI is InChI=1S/C21H27N3OS2/c1-14(2)19-12-16-20(24-10-9-22-15(13-24)8-11-25-3)23-17-6-4-5-7-18(17)26-21(16)27-19/h4-7,12,14-15,22H,8-11,13H2,1-3H3/t15-/m0/s1. The lowest BCUT2D eigenvalue weighted by atomic mass is 10.1. The van der Waals surface area contributed by atoms with Gasteiger partial charge in [0.05, 0.1) is 9.90 Å². The third-order valence-electron chi connectivity index (χ3n) is 5.05. The van der Waals surface area contributed by atoms with E-state index in [0.29, 0.717) is 12.0 Å². The van der Waals surface area contributed by atoms with E-state index in [-0.39, 0.29) is 0 Å². The van der Waals surface area contributed by atoms with Gasteiger partial charge in [-0.25, -0.2) is 4.99 Å². The van der Waals surface area contributed by atoms with Crippen molar-refractivity contribution in [1.29, 1.82) is 0 Å². The third-order valence-corrected chi connectivity index (χ3v) is 7.75. The van der Waals surface area contributed by atoms with E-state index >= 15 is 0 Å². The summed E-state index contributed by atoms with van der Waals surface area (Å²) in [6.07, 6.45) is 1.03. The second-order valence-corrected chi connectivity index (χ2v) is 9.78. The maximum absolute atomic E-state index is 5.29. The van der Waals surface area contributed by atoms with Crippen LogP contribution in [0.2, 0.25) is 0 Å². The van der Waals surface area contributed by atoms with Gasteiger partial charge < -0.3 is 15.0 Å². The summed E-state index contributed by atoms with van der Waals surface area (Å²) in [7, 11) is 1.77. The fraction of sp³-hybridized carbons (Fsp3) is 0.476. The summed E-state index contributed by atoms with van der Waals surface area (Å²) < 4.78 is 6.66. The number of benzene rings is 1. The number of thiophene rings is 1. The summed E-state index contributed by atoms with van der Waals surface area (Å²) in [5.41, 5.74) is 2.39. The highest BCUT2D eigenvalue weighted by Crippen LogP contribution is 2.45. The minimum atomic E-state index is 0.444.